The lowest BCUT2D eigenvalue weighted by molar-refractivity contribution is 0.544. The molecular weight excluding hydrogens is 299 g/mol. The number of benzene rings is 1. The SMILES string of the molecule is NNC(Cc1cc(F)ccc1Br)c1ccnnc1. The lowest BCUT2D eigenvalue weighted by atomic mass is 10.0. The van der Waals surface area contributed by atoms with Crippen molar-refractivity contribution in [1.29, 1.82) is 0 Å². The lowest BCUT2D eigenvalue weighted by Crippen LogP contribution is -2.29. The van der Waals surface area contributed by atoms with Crippen molar-refractivity contribution in [2.45, 2.75) is 12.5 Å². The van der Waals surface area contributed by atoms with Gasteiger partial charge < -0.3 is 0 Å². The fourth-order valence-electron chi connectivity index (χ4n) is 1.70. The lowest BCUT2D eigenvalue weighted by Gasteiger charge is -2.16. The highest BCUT2D eigenvalue weighted by atomic mass is 79.9. The average molecular weight is 311 g/mol. The van der Waals surface area contributed by atoms with Crippen LogP contribution in [0, 0.1) is 5.82 Å². The van der Waals surface area contributed by atoms with Crippen molar-refractivity contribution in [2.75, 3.05) is 0 Å². The molecule has 0 bridgehead atoms. The van der Waals surface area contributed by atoms with E-state index in [1.807, 2.05) is 6.07 Å². The summed E-state index contributed by atoms with van der Waals surface area (Å²) >= 11 is 3.40. The van der Waals surface area contributed by atoms with Crippen LogP contribution in [0.4, 0.5) is 4.39 Å². The Hall–Kier alpha value is -1.37. The van der Waals surface area contributed by atoms with E-state index in [1.165, 1.54) is 12.1 Å². The quantitative estimate of drug-likeness (QED) is 0.671. The smallest absolute Gasteiger partial charge is 0.123 e. The molecule has 0 spiro atoms. The van der Waals surface area contributed by atoms with Crippen LogP contribution in [0.15, 0.2) is 41.1 Å². The van der Waals surface area contributed by atoms with Gasteiger partial charge in [-0.05, 0) is 41.8 Å². The molecule has 0 aliphatic rings. The molecule has 0 saturated heterocycles. The Morgan fingerprint density at radius 3 is 2.83 bits per heavy atom. The predicted octanol–water partition coefficient (Wildman–Crippen LogP) is 2.13. The molecule has 3 N–H and O–H groups in total. The van der Waals surface area contributed by atoms with Gasteiger partial charge in [-0.3, -0.25) is 11.3 Å². The highest BCUT2D eigenvalue weighted by molar-refractivity contribution is 9.10. The first-order chi connectivity index (χ1) is 8.70. The molecular formula is C12H12BrFN4. The predicted molar refractivity (Wildman–Crippen MR) is 69.9 cm³/mol. The van der Waals surface area contributed by atoms with E-state index in [1.54, 1.807) is 18.5 Å². The van der Waals surface area contributed by atoms with Gasteiger partial charge in [0.2, 0.25) is 0 Å². The van der Waals surface area contributed by atoms with Gasteiger partial charge in [0, 0.05) is 10.7 Å². The van der Waals surface area contributed by atoms with Crippen LogP contribution in [0.2, 0.25) is 0 Å². The molecule has 0 aliphatic carbocycles. The van der Waals surface area contributed by atoms with Gasteiger partial charge in [0.1, 0.15) is 5.82 Å². The number of hydrazine groups is 1. The van der Waals surface area contributed by atoms with Crippen LogP contribution >= 0.6 is 15.9 Å². The van der Waals surface area contributed by atoms with Crippen LogP contribution in [0.1, 0.15) is 17.2 Å². The van der Waals surface area contributed by atoms with Gasteiger partial charge in [-0.1, -0.05) is 15.9 Å². The fourth-order valence-corrected chi connectivity index (χ4v) is 2.11. The Bertz CT molecular complexity index is 521. The zero-order chi connectivity index (χ0) is 13.0. The van der Waals surface area contributed by atoms with E-state index >= 15 is 0 Å². The van der Waals surface area contributed by atoms with Gasteiger partial charge >= 0.3 is 0 Å². The number of hydrogen-bond acceptors (Lipinski definition) is 4. The van der Waals surface area contributed by atoms with Crippen molar-refractivity contribution in [3.63, 3.8) is 0 Å². The van der Waals surface area contributed by atoms with Crippen LogP contribution in [-0.2, 0) is 6.42 Å². The maximum absolute atomic E-state index is 13.2. The number of nitrogens with two attached hydrogens (primary N) is 1. The van der Waals surface area contributed by atoms with Crippen LogP contribution in [0.25, 0.3) is 0 Å². The monoisotopic (exact) mass is 310 g/mol. The summed E-state index contributed by atoms with van der Waals surface area (Å²) in [5.74, 6) is 5.27. The second kappa shape index (κ2) is 5.99. The second-order valence-electron chi connectivity index (χ2n) is 3.83. The van der Waals surface area contributed by atoms with Crippen LogP contribution < -0.4 is 11.3 Å². The first-order valence-corrected chi connectivity index (χ1v) is 6.16. The molecule has 2 aromatic rings. The molecule has 0 fully saturated rings. The van der Waals surface area contributed by atoms with E-state index in [0.29, 0.717) is 6.42 Å². The second-order valence-corrected chi connectivity index (χ2v) is 4.69. The summed E-state index contributed by atoms with van der Waals surface area (Å²) in [6, 6.07) is 6.27. The van der Waals surface area contributed by atoms with Crippen molar-refractivity contribution < 1.29 is 4.39 Å². The topological polar surface area (TPSA) is 63.8 Å². The normalized spacial score (nSPS) is 12.4. The molecule has 0 saturated carbocycles. The molecule has 1 atom stereocenters. The zero-order valence-corrected chi connectivity index (χ0v) is 11.1. The minimum absolute atomic E-state index is 0.140. The minimum Gasteiger partial charge on any atom is -0.271 e. The third-order valence-corrected chi connectivity index (χ3v) is 3.42. The van der Waals surface area contributed by atoms with Crippen molar-refractivity contribution >= 4 is 15.9 Å². The summed E-state index contributed by atoms with van der Waals surface area (Å²) in [6.45, 7) is 0. The molecule has 18 heavy (non-hydrogen) atoms. The van der Waals surface area contributed by atoms with Gasteiger partial charge in [0.25, 0.3) is 0 Å². The van der Waals surface area contributed by atoms with Gasteiger partial charge in [0.05, 0.1) is 12.2 Å². The Labute approximate surface area is 113 Å². The Kier molecular flexibility index (Phi) is 4.35. The van der Waals surface area contributed by atoms with E-state index < -0.39 is 0 Å². The van der Waals surface area contributed by atoms with E-state index in [2.05, 4.69) is 31.6 Å². The Balaban J connectivity index is 2.23. The number of halogens is 2. The molecule has 0 aliphatic heterocycles. The van der Waals surface area contributed by atoms with Gasteiger partial charge in [0.15, 0.2) is 0 Å². The number of nitrogens with zero attached hydrogens (tertiary/aromatic N) is 2. The van der Waals surface area contributed by atoms with Gasteiger partial charge in [-0.2, -0.15) is 10.2 Å². The molecule has 2 rings (SSSR count). The highest BCUT2D eigenvalue weighted by Gasteiger charge is 2.13. The molecule has 1 heterocycles. The maximum Gasteiger partial charge on any atom is 0.123 e. The molecule has 1 aromatic heterocycles. The van der Waals surface area contributed by atoms with E-state index in [4.69, 9.17) is 5.84 Å². The summed E-state index contributed by atoms with van der Waals surface area (Å²) in [6.07, 6.45) is 3.79. The molecule has 1 unspecified atom stereocenters. The number of nitrogens with one attached hydrogen (secondary N) is 1. The van der Waals surface area contributed by atoms with E-state index in [-0.39, 0.29) is 11.9 Å². The Morgan fingerprint density at radius 1 is 1.33 bits per heavy atom. The minimum atomic E-state index is -0.267. The van der Waals surface area contributed by atoms with Crippen LogP contribution in [0.3, 0.4) is 0 Å². The third-order valence-electron chi connectivity index (χ3n) is 2.64. The van der Waals surface area contributed by atoms with Crippen molar-refractivity contribution in [3.05, 3.63) is 58.1 Å². The molecule has 0 amide bonds. The average Bonchev–Trinajstić information content (AvgIpc) is 2.41. The van der Waals surface area contributed by atoms with Gasteiger partial charge in [-0.15, -0.1) is 0 Å². The maximum atomic E-state index is 13.2. The molecule has 94 valence electrons. The summed E-state index contributed by atoms with van der Waals surface area (Å²) < 4.78 is 14.1. The summed E-state index contributed by atoms with van der Waals surface area (Å²) in [5.41, 5.74) is 4.45. The zero-order valence-electron chi connectivity index (χ0n) is 9.48. The van der Waals surface area contributed by atoms with Crippen LogP contribution in [0.5, 0.6) is 0 Å². The molecule has 4 nitrogen and oxygen atoms in total. The summed E-state index contributed by atoms with van der Waals surface area (Å²) in [5, 5.41) is 7.52. The largest absolute Gasteiger partial charge is 0.271 e. The highest BCUT2D eigenvalue weighted by Crippen LogP contribution is 2.23. The van der Waals surface area contributed by atoms with Crippen LogP contribution in [-0.4, -0.2) is 10.2 Å². The first-order valence-electron chi connectivity index (χ1n) is 5.37. The van der Waals surface area contributed by atoms with E-state index in [9.17, 15) is 4.39 Å². The standard InChI is InChI=1S/C12H12BrFN4/c13-11-2-1-10(14)5-9(11)6-12(18-15)8-3-4-16-17-7-8/h1-5,7,12,18H,6,15H2. The van der Waals surface area contributed by atoms with Gasteiger partial charge in [-0.25, -0.2) is 4.39 Å². The number of aromatic nitrogens is 2. The number of rotatable bonds is 4. The Morgan fingerprint density at radius 2 is 2.17 bits per heavy atom. The summed E-state index contributed by atoms with van der Waals surface area (Å²) in [4.78, 5) is 0. The van der Waals surface area contributed by atoms with Crippen molar-refractivity contribution in [2.24, 2.45) is 5.84 Å². The van der Waals surface area contributed by atoms with E-state index in [0.717, 1.165) is 15.6 Å². The number of hydrogen-bond donors (Lipinski definition) is 2. The summed E-state index contributed by atoms with van der Waals surface area (Å²) in [7, 11) is 0. The van der Waals surface area contributed by atoms with Crippen molar-refractivity contribution in [1.82, 2.24) is 15.6 Å². The third kappa shape index (κ3) is 3.10. The fraction of sp³-hybridized carbons (Fsp3) is 0.167. The molecule has 6 heteroatoms. The first kappa shape index (κ1) is 13.1. The molecule has 1 aromatic carbocycles. The van der Waals surface area contributed by atoms with Crippen molar-refractivity contribution in [3.8, 4) is 0 Å². The molecule has 0 radical (unpaired) electrons.